The van der Waals surface area contributed by atoms with Gasteiger partial charge in [0.15, 0.2) is 0 Å². The van der Waals surface area contributed by atoms with Gasteiger partial charge in [0, 0.05) is 6.42 Å². The lowest BCUT2D eigenvalue weighted by molar-refractivity contribution is -0.128. The topological polar surface area (TPSA) is 107 Å². The van der Waals surface area contributed by atoms with Crippen LogP contribution in [0.3, 0.4) is 0 Å². The summed E-state index contributed by atoms with van der Waals surface area (Å²) in [5.74, 6) is -0.205. The molecule has 0 heterocycles. The fraction of sp³-hybridized carbons (Fsp3) is 0.200. The van der Waals surface area contributed by atoms with E-state index >= 15 is 0 Å². The van der Waals surface area contributed by atoms with Crippen molar-refractivity contribution >= 4 is 11.8 Å². The van der Waals surface area contributed by atoms with Gasteiger partial charge in [-0.2, -0.15) is 0 Å². The molecule has 5 N–H and O–H groups in total. The molecule has 0 saturated carbocycles. The lowest BCUT2D eigenvalue weighted by Crippen LogP contribution is -2.51. The number of rotatable bonds is 9. The van der Waals surface area contributed by atoms with Gasteiger partial charge in [0.05, 0.1) is 13.2 Å². The van der Waals surface area contributed by atoms with E-state index in [4.69, 9.17) is 16.2 Å². The van der Waals surface area contributed by atoms with E-state index in [1.165, 1.54) is 0 Å². The molecule has 0 aliphatic rings. The maximum atomic E-state index is 12.6. The van der Waals surface area contributed by atoms with E-state index < -0.39 is 23.9 Å². The van der Waals surface area contributed by atoms with Crippen LogP contribution in [0.1, 0.15) is 11.1 Å². The number of hydrogen-bond acceptors (Lipinski definition) is 4. The molecule has 0 bridgehead atoms. The second-order valence-corrected chi connectivity index (χ2v) is 7.39. The first-order valence-corrected chi connectivity index (χ1v) is 10.1. The number of carbonyl (C=O) groups excluding carboxylic acids is 2. The molecule has 0 fully saturated rings. The second-order valence-electron chi connectivity index (χ2n) is 7.39. The van der Waals surface area contributed by atoms with E-state index in [-0.39, 0.29) is 0 Å². The average Bonchev–Trinajstić information content (AvgIpc) is 2.79. The van der Waals surface area contributed by atoms with E-state index in [0.29, 0.717) is 12.8 Å². The lowest BCUT2D eigenvalue weighted by atomic mass is 10.00. The van der Waals surface area contributed by atoms with Gasteiger partial charge in [0.25, 0.3) is 0 Å². The number of amides is 2. The van der Waals surface area contributed by atoms with Gasteiger partial charge in [-0.25, -0.2) is 0 Å². The molecule has 0 aliphatic heterocycles. The SMILES string of the molecule is COc1cccc(-c2ccc(CC(N)C(=O)N[C@@H](Cc3ccccc3)C(N)=O)cc2)c1. The smallest absolute Gasteiger partial charge is 0.240 e. The summed E-state index contributed by atoms with van der Waals surface area (Å²) in [6.07, 6.45) is 0.672. The number of benzene rings is 3. The zero-order valence-corrected chi connectivity index (χ0v) is 17.5. The minimum Gasteiger partial charge on any atom is -0.497 e. The van der Waals surface area contributed by atoms with Gasteiger partial charge in [-0.15, -0.1) is 0 Å². The van der Waals surface area contributed by atoms with Crippen molar-refractivity contribution in [3.05, 3.63) is 90.0 Å². The zero-order valence-electron chi connectivity index (χ0n) is 17.5. The van der Waals surface area contributed by atoms with E-state index in [1.54, 1.807) is 7.11 Å². The number of methoxy groups -OCH3 is 1. The van der Waals surface area contributed by atoms with Crippen molar-refractivity contribution in [2.45, 2.75) is 24.9 Å². The first-order chi connectivity index (χ1) is 15.0. The molecule has 0 aliphatic carbocycles. The summed E-state index contributed by atoms with van der Waals surface area (Å²) in [4.78, 5) is 24.3. The number of primary amides is 1. The summed E-state index contributed by atoms with van der Waals surface area (Å²) in [5.41, 5.74) is 15.5. The summed E-state index contributed by atoms with van der Waals surface area (Å²) in [5, 5.41) is 2.68. The van der Waals surface area contributed by atoms with Crippen molar-refractivity contribution in [2.24, 2.45) is 11.5 Å². The highest BCUT2D eigenvalue weighted by molar-refractivity contribution is 5.89. The van der Waals surface area contributed by atoms with Gasteiger partial charge < -0.3 is 21.5 Å². The highest BCUT2D eigenvalue weighted by atomic mass is 16.5. The predicted molar refractivity (Wildman–Crippen MR) is 121 cm³/mol. The van der Waals surface area contributed by atoms with Crippen LogP contribution in [0.4, 0.5) is 0 Å². The van der Waals surface area contributed by atoms with Gasteiger partial charge in [-0.1, -0.05) is 66.7 Å². The van der Waals surface area contributed by atoms with E-state index in [1.807, 2.05) is 78.9 Å². The van der Waals surface area contributed by atoms with Crippen LogP contribution in [-0.2, 0) is 22.4 Å². The Labute approximate surface area is 182 Å². The highest BCUT2D eigenvalue weighted by Crippen LogP contribution is 2.24. The third kappa shape index (κ3) is 6.17. The van der Waals surface area contributed by atoms with Crippen molar-refractivity contribution in [1.29, 1.82) is 0 Å². The first kappa shape index (κ1) is 22.1. The Morgan fingerprint density at radius 2 is 1.55 bits per heavy atom. The van der Waals surface area contributed by atoms with Crippen LogP contribution in [0, 0.1) is 0 Å². The van der Waals surface area contributed by atoms with Crippen LogP contribution in [0.15, 0.2) is 78.9 Å². The molecular weight excluding hydrogens is 390 g/mol. The third-order valence-corrected chi connectivity index (χ3v) is 5.09. The summed E-state index contributed by atoms with van der Waals surface area (Å²) in [6, 6.07) is 23.4. The Kier molecular flexibility index (Phi) is 7.40. The maximum absolute atomic E-state index is 12.6. The molecular formula is C25H27N3O3. The minimum absolute atomic E-state index is 0.323. The number of nitrogens with two attached hydrogens (primary N) is 2. The average molecular weight is 418 g/mol. The largest absolute Gasteiger partial charge is 0.497 e. The van der Waals surface area contributed by atoms with Crippen LogP contribution in [0.2, 0.25) is 0 Å². The third-order valence-electron chi connectivity index (χ3n) is 5.09. The minimum atomic E-state index is -0.809. The number of hydrogen-bond donors (Lipinski definition) is 3. The van der Waals surface area contributed by atoms with Crippen LogP contribution >= 0.6 is 0 Å². The zero-order chi connectivity index (χ0) is 22.2. The Morgan fingerprint density at radius 1 is 0.871 bits per heavy atom. The molecule has 2 atom stereocenters. The molecule has 2 amide bonds. The van der Waals surface area contributed by atoms with Crippen molar-refractivity contribution in [2.75, 3.05) is 7.11 Å². The lowest BCUT2D eigenvalue weighted by Gasteiger charge is -2.19. The van der Waals surface area contributed by atoms with Gasteiger partial charge >= 0.3 is 0 Å². The van der Waals surface area contributed by atoms with Crippen LogP contribution in [0.5, 0.6) is 5.75 Å². The normalized spacial score (nSPS) is 12.6. The second kappa shape index (κ2) is 10.4. The fourth-order valence-corrected chi connectivity index (χ4v) is 3.33. The van der Waals surface area contributed by atoms with Gasteiger partial charge in [-0.3, -0.25) is 9.59 Å². The standard InChI is InChI=1S/C25H27N3O3/c1-31-21-9-5-8-20(16-21)19-12-10-18(11-13-19)14-22(26)25(30)28-23(24(27)29)15-17-6-3-2-4-7-17/h2-13,16,22-23H,14-15,26H2,1H3,(H2,27,29)(H,28,30)/t22?,23-/m0/s1. The molecule has 3 aromatic rings. The Morgan fingerprint density at radius 3 is 2.19 bits per heavy atom. The molecule has 0 spiro atoms. The molecule has 1 unspecified atom stereocenters. The van der Waals surface area contributed by atoms with E-state index in [2.05, 4.69) is 5.32 Å². The van der Waals surface area contributed by atoms with Crippen LogP contribution in [0.25, 0.3) is 11.1 Å². The molecule has 0 saturated heterocycles. The van der Waals surface area contributed by atoms with Gasteiger partial charge in [0.1, 0.15) is 11.8 Å². The molecule has 6 nitrogen and oxygen atoms in total. The van der Waals surface area contributed by atoms with Crippen molar-refractivity contribution < 1.29 is 14.3 Å². The first-order valence-electron chi connectivity index (χ1n) is 10.1. The van der Waals surface area contributed by atoms with E-state index in [9.17, 15) is 9.59 Å². The molecule has 160 valence electrons. The van der Waals surface area contributed by atoms with Crippen LogP contribution < -0.4 is 21.5 Å². The Hall–Kier alpha value is -3.64. The highest BCUT2D eigenvalue weighted by Gasteiger charge is 2.22. The molecule has 3 aromatic carbocycles. The van der Waals surface area contributed by atoms with Crippen molar-refractivity contribution in [1.82, 2.24) is 5.32 Å². The summed E-state index contributed by atoms with van der Waals surface area (Å²) >= 11 is 0. The quantitative estimate of drug-likeness (QED) is 0.497. The number of ether oxygens (including phenoxy) is 1. The Balaban J connectivity index is 1.61. The van der Waals surface area contributed by atoms with Crippen molar-refractivity contribution in [3.8, 4) is 16.9 Å². The summed E-state index contributed by atoms with van der Waals surface area (Å²) in [6.45, 7) is 0. The molecule has 3 rings (SSSR count). The Bertz CT molecular complexity index is 1020. The number of nitrogens with one attached hydrogen (secondary N) is 1. The molecule has 6 heteroatoms. The predicted octanol–water partition coefficient (Wildman–Crippen LogP) is 2.44. The molecule has 31 heavy (non-hydrogen) atoms. The van der Waals surface area contributed by atoms with Crippen molar-refractivity contribution in [3.63, 3.8) is 0 Å². The number of carbonyl (C=O) groups is 2. The summed E-state index contributed by atoms with van der Waals surface area (Å²) in [7, 11) is 1.64. The van der Waals surface area contributed by atoms with Gasteiger partial charge in [-0.05, 0) is 40.8 Å². The maximum Gasteiger partial charge on any atom is 0.240 e. The van der Waals surface area contributed by atoms with Gasteiger partial charge in [0.2, 0.25) is 11.8 Å². The summed E-state index contributed by atoms with van der Waals surface area (Å²) < 4.78 is 5.27. The van der Waals surface area contributed by atoms with E-state index in [0.717, 1.165) is 28.0 Å². The molecule has 0 aromatic heterocycles. The fourth-order valence-electron chi connectivity index (χ4n) is 3.33. The molecule has 0 radical (unpaired) electrons. The monoisotopic (exact) mass is 417 g/mol. The van der Waals surface area contributed by atoms with Crippen LogP contribution in [-0.4, -0.2) is 31.0 Å².